The Morgan fingerprint density at radius 1 is 0.650 bits per heavy atom. The van der Waals surface area contributed by atoms with Gasteiger partial charge in [-0.1, -0.05) is 24.3 Å². The molecule has 0 bridgehead atoms. The lowest BCUT2D eigenvalue weighted by molar-refractivity contribution is 0.416. The first-order valence-corrected chi connectivity index (χ1v) is 13.7. The molecule has 0 aliphatic heterocycles. The van der Waals surface area contributed by atoms with Gasteiger partial charge < -0.3 is 9.47 Å². The van der Waals surface area contributed by atoms with Crippen LogP contribution >= 0.6 is 0 Å². The minimum atomic E-state index is -5.07. The van der Waals surface area contributed by atoms with Gasteiger partial charge in [-0.25, -0.2) is 0 Å². The van der Waals surface area contributed by atoms with Crippen LogP contribution in [0.4, 0.5) is 19.1 Å². The molecule has 4 rings (SSSR count). The lowest BCUT2D eigenvalue weighted by atomic mass is 10.1. The fourth-order valence-corrected chi connectivity index (χ4v) is 4.64. The summed E-state index contributed by atoms with van der Waals surface area (Å²) in [6.45, 7) is 0. The summed E-state index contributed by atoms with van der Waals surface area (Å²) in [5.41, 5.74) is 2.45. The Balaban J connectivity index is 1.89. The van der Waals surface area contributed by atoms with E-state index >= 15 is 0 Å². The zero-order valence-corrected chi connectivity index (χ0v) is 22.1. The number of hydrogen-bond acceptors (Lipinski definition) is 12. The Labute approximate surface area is 225 Å². The van der Waals surface area contributed by atoms with Gasteiger partial charge in [-0.15, -0.1) is 7.77 Å². The molecule has 4 aromatic rings. The van der Waals surface area contributed by atoms with Crippen molar-refractivity contribution in [2.45, 2.75) is 9.79 Å². The van der Waals surface area contributed by atoms with Crippen molar-refractivity contribution >= 4 is 42.6 Å². The molecule has 0 atom stereocenters. The molecular formula is C24H18F2N4O8S2. The number of fused-ring (bicyclic) bond motifs is 1. The zero-order valence-electron chi connectivity index (χ0n) is 20.5. The van der Waals surface area contributed by atoms with Crippen LogP contribution in [0.1, 0.15) is 0 Å². The van der Waals surface area contributed by atoms with Gasteiger partial charge in [-0.2, -0.15) is 27.0 Å². The second-order valence-corrected chi connectivity index (χ2v) is 10.6. The van der Waals surface area contributed by atoms with Crippen LogP contribution in [0.3, 0.4) is 0 Å². The summed E-state index contributed by atoms with van der Waals surface area (Å²) in [6, 6.07) is 12.1. The molecule has 0 saturated heterocycles. The quantitative estimate of drug-likeness (QED) is 0.174. The first-order valence-electron chi connectivity index (χ1n) is 11.0. The maximum absolute atomic E-state index is 13.5. The molecule has 0 aliphatic rings. The number of methoxy groups -OCH3 is 2. The van der Waals surface area contributed by atoms with E-state index in [1.165, 1.54) is 38.5 Å². The third-order valence-electron chi connectivity index (χ3n) is 5.55. The fraction of sp³-hybridized carbons (Fsp3) is 0.0833. The van der Waals surface area contributed by atoms with Crippen molar-refractivity contribution in [3.63, 3.8) is 0 Å². The summed E-state index contributed by atoms with van der Waals surface area (Å²) >= 11 is 0. The SMILES string of the molecule is COc1ccc(S(=O)(=O)F)cc1NN=c1c(=O)c(=O)c(=NNc2cc(S(=O)(=O)F)ccc2OC)c2ccccc12. The van der Waals surface area contributed by atoms with Crippen LogP contribution in [-0.4, -0.2) is 31.1 Å². The van der Waals surface area contributed by atoms with Crippen molar-refractivity contribution < 1.29 is 34.1 Å². The minimum absolute atomic E-state index is 0.0672. The van der Waals surface area contributed by atoms with E-state index in [-0.39, 0.29) is 44.4 Å². The van der Waals surface area contributed by atoms with Gasteiger partial charge in [0.25, 0.3) is 10.9 Å². The lowest BCUT2D eigenvalue weighted by Gasteiger charge is -2.09. The second-order valence-electron chi connectivity index (χ2n) is 7.95. The third-order valence-corrected chi connectivity index (χ3v) is 7.19. The highest BCUT2D eigenvalue weighted by Crippen LogP contribution is 2.29. The van der Waals surface area contributed by atoms with Crippen LogP contribution in [0.15, 0.2) is 90.2 Å². The highest BCUT2D eigenvalue weighted by Gasteiger charge is 2.17. The average molecular weight is 593 g/mol. The smallest absolute Gasteiger partial charge is 0.332 e. The molecule has 208 valence electrons. The predicted molar refractivity (Wildman–Crippen MR) is 140 cm³/mol. The first-order chi connectivity index (χ1) is 18.8. The highest BCUT2D eigenvalue weighted by molar-refractivity contribution is 7.86. The summed E-state index contributed by atoms with van der Waals surface area (Å²) in [7, 11) is -7.59. The molecule has 0 aromatic heterocycles. The van der Waals surface area contributed by atoms with Crippen LogP contribution in [0, 0.1) is 0 Å². The fourth-order valence-electron chi connectivity index (χ4n) is 3.66. The number of anilines is 2. The van der Waals surface area contributed by atoms with Crippen molar-refractivity contribution in [3.8, 4) is 11.5 Å². The summed E-state index contributed by atoms with van der Waals surface area (Å²) in [5.74, 6) is 0.134. The molecule has 16 heteroatoms. The number of rotatable bonds is 8. The summed E-state index contributed by atoms with van der Waals surface area (Å²) in [4.78, 5) is 24.7. The Morgan fingerprint density at radius 3 is 1.35 bits per heavy atom. The van der Waals surface area contributed by atoms with Crippen molar-refractivity contribution in [3.05, 3.63) is 91.8 Å². The van der Waals surface area contributed by atoms with Gasteiger partial charge in [0, 0.05) is 10.8 Å². The number of halogens is 2. The Kier molecular flexibility index (Phi) is 7.66. The molecule has 0 spiro atoms. The van der Waals surface area contributed by atoms with Gasteiger partial charge in [0.2, 0.25) is 0 Å². The van der Waals surface area contributed by atoms with Crippen molar-refractivity contribution in [1.29, 1.82) is 0 Å². The zero-order chi connectivity index (χ0) is 29.2. The van der Waals surface area contributed by atoms with Crippen LogP contribution < -0.4 is 41.9 Å². The van der Waals surface area contributed by atoms with Crippen LogP contribution in [0.25, 0.3) is 10.8 Å². The third kappa shape index (κ3) is 5.67. The normalized spacial score (nSPS) is 12.9. The molecule has 4 aromatic carbocycles. The molecule has 0 fully saturated rings. The van der Waals surface area contributed by atoms with E-state index in [9.17, 15) is 34.2 Å². The lowest BCUT2D eigenvalue weighted by Crippen LogP contribution is -2.48. The Bertz CT molecular complexity index is 1940. The highest BCUT2D eigenvalue weighted by atomic mass is 32.3. The van der Waals surface area contributed by atoms with Gasteiger partial charge in [0.05, 0.1) is 25.6 Å². The van der Waals surface area contributed by atoms with Gasteiger partial charge >= 0.3 is 20.4 Å². The van der Waals surface area contributed by atoms with Crippen molar-refractivity contribution in [2.24, 2.45) is 10.2 Å². The Hall–Kier alpha value is -4.70. The van der Waals surface area contributed by atoms with Gasteiger partial charge in [0.15, 0.2) is 0 Å². The van der Waals surface area contributed by atoms with Gasteiger partial charge in [-0.3, -0.25) is 20.4 Å². The average Bonchev–Trinajstić information content (AvgIpc) is 2.91. The largest absolute Gasteiger partial charge is 0.495 e. The van der Waals surface area contributed by atoms with Crippen LogP contribution in [0.5, 0.6) is 11.5 Å². The minimum Gasteiger partial charge on any atom is -0.495 e. The van der Waals surface area contributed by atoms with E-state index in [0.29, 0.717) is 0 Å². The van der Waals surface area contributed by atoms with E-state index in [1.807, 2.05) is 0 Å². The molecule has 12 nitrogen and oxygen atoms in total. The second kappa shape index (κ2) is 10.8. The van der Waals surface area contributed by atoms with Crippen molar-refractivity contribution in [2.75, 3.05) is 25.1 Å². The maximum atomic E-state index is 13.5. The van der Waals surface area contributed by atoms with Gasteiger partial charge in [0.1, 0.15) is 32.0 Å². The molecule has 0 heterocycles. The summed E-state index contributed by atoms with van der Waals surface area (Å²) in [5, 5.41) is 7.52. The standard InChI is InChI=1S/C24H18F2N4O8S2/c1-37-19-9-7-13(39(25,33)34)11-17(19)27-29-21-15-5-3-4-6-16(15)22(24(32)23(21)31)30-28-18-12-14(40(26,35)36)8-10-20(18)38-2/h3-12,27-28H,1-2H3. The molecule has 0 unspecified atom stereocenters. The van der Waals surface area contributed by atoms with E-state index < -0.39 is 41.1 Å². The number of nitrogens with zero attached hydrogens (tertiary/aromatic N) is 2. The Morgan fingerprint density at radius 2 is 1.02 bits per heavy atom. The molecule has 0 amide bonds. The number of hydrogen-bond donors (Lipinski definition) is 2. The number of ether oxygens (including phenoxy) is 2. The monoisotopic (exact) mass is 592 g/mol. The van der Waals surface area contributed by atoms with E-state index in [1.54, 1.807) is 12.1 Å². The van der Waals surface area contributed by atoms with Gasteiger partial charge in [-0.05, 0) is 36.4 Å². The van der Waals surface area contributed by atoms with Crippen LogP contribution in [-0.2, 0) is 20.4 Å². The molecule has 0 saturated carbocycles. The summed E-state index contributed by atoms with van der Waals surface area (Å²) in [6.07, 6.45) is 0. The molecule has 40 heavy (non-hydrogen) atoms. The molecule has 2 N–H and O–H groups in total. The maximum Gasteiger partial charge on any atom is 0.332 e. The predicted octanol–water partition coefficient (Wildman–Crippen LogP) is 1.62. The summed E-state index contributed by atoms with van der Waals surface area (Å²) < 4.78 is 82.5. The number of benzene rings is 4. The molecule has 0 aliphatic carbocycles. The molecular weight excluding hydrogens is 574 g/mol. The molecule has 0 radical (unpaired) electrons. The first kappa shape index (κ1) is 28.3. The number of nitrogens with one attached hydrogen (secondary N) is 2. The van der Waals surface area contributed by atoms with E-state index in [4.69, 9.17) is 9.47 Å². The van der Waals surface area contributed by atoms with Crippen LogP contribution in [0.2, 0.25) is 0 Å². The van der Waals surface area contributed by atoms with E-state index in [2.05, 4.69) is 21.1 Å². The topological polar surface area (TPSA) is 170 Å². The van der Waals surface area contributed by atoms with Crippen molar-refractivity contribution in [1.82, 2.24) is 0 Å². The van der Waals surface area contributed by atoms with E-state index in [0.717, 1.165) is 24.3 Å².